The van der Waals surface area contributed by atoms with E-state index in [0.717, 1.165) is 9.80 Å². The number of fused-ring (bicyclic) bond motifs is 2. The molecule has 1 aromatic heterocycles. The van der Waals surface area contributed by atoms with E-state index in [1.54, 1.807) is 0 Å². The zero-order valence-electron chi connectivity index (χ0n) is 15.9. The van der Waals surface area contributed by atoms with Crippen molar-refractivity contribution in [2.45, 2.75) is 0 Å². The first kappa shape index (κ1) is 26.3. The average Bonchev–Trinajstić information content (AvgIpc) is 3.46. The first-order chi connectivity index (χ1) is 16.4. The van der Waals surface area contributed by atoms with Crippen molar-refractivity contribution in [2.24, 2.45) is 0 Å². The van der Waals surface area contributed by atoms with Crippen molar-refractivity contribution in [3.05, 3.63) is 58.0 Å². The lowest BCUT2D eigenvalue weighted by Crippen LogP contribution is -2.32. The van der Waals surface area contributed by atoms with E-state index in [-0.39, 0.29) is 34.2 Å². The highest BCUT2D eigenvalue weighted by molar-refractivity contribution is 9.15. The minimum absolute atomic E-state index is 0.103. The molecule has 2 aromatic carbocycles. The van der Waals surface area contributed by atoms with Gasteiger partial charge in [-0.1, -0.05) is 0 Å². The lowest BCUT2D eigenvalue weighted by atomic mass is 10.1. The van der Waals surface area contributed by atoms with Gasteiger partial charge in [-0.3, -0.25) is 19.2 Å². The maximum atomic E-state index is 13.2. The third-order valence-electron chi connectivity index (χ3n) is 5.08. The van der Waals surface area contributed by atoms with Gasteiger partial charge in [0.15, 0.2) is 0 Å². The number of aromatic amines is 1. The topological polar surface area (TPSA) is 116 Å². The summed E-state index contributed by atoms with van der Waals surface area (Å²) < 4.78 is 3.59. The number of rotatable bonds is 2. The van der Waals surface area contributed by atoms with Crippen LogP contribution in [0.3, 0.4) is 0 Å². The molecule has 9 nitrogen and oxygen atoms in total. The molecule has 0 atom stereocenters. The number of anilines is 2. The Morgan fingerprint density at radius 3 is 1.14 bits per heavy atom. The van der Waals surface area contributed by atoms with E-state index in [9.17, 15) is 19.2 Å². The molecule has 5 rings (SSSR count). The van der Waals surface area contributed by atoms with E-state index in [4.69, 9.17) is 0 Å². The molecule has 4 amide bonds. The molecule has 0 saturated heterocycles. The van der Waals surface area contributed by atoms with Crippen molar-refractivity contribution in [3.63, 3.8) is 0 Å². The molecule has 0 bridgehead atoms. The number of nitrogens with zero attached hydrogens (tertiary/aromatic N) is 4. The van der Waals surface area contributed by atoms with Crippen LogP contribution in [0.2, 0.25) is 0 Å². The summed E-state index contributed by atoms with van der Waals surface area (Å²) in [6.45, 7) is 0. The standard InChI is InChI=1S/C18HBr8N5O4/c19-5-1-2(6(20)10(24)9(5)23)14(33)30(13(1)32)17-27-18(29-28-17)31-15(34)3-4(16(31)35)8(22)12(26)11(25)7(3)21/h(H,27,28,29). The molecule has 1 N–H and O–H groups in total. The highest BCUT2D eigenvalue weighted by Gasteiger charge is 2.46. The number of imide groups is 2. The zero-order valence-corrected chi connectivity index (χ0v) is 28.6. The molecule has 0 unspecified atom stereocenters. The van der Waals surface area contributed by atoms with Crippen LogP contribution in [-0.4, -0.2) is 38.8 Å². The van der Waals surface area contributed by atoms with Gasteiger partial charge in [0.25, 0.3) is 29.6 Å². The minimum Gasteiger partial charge on any atom is -0.268 e. The number of hydrogen-bond acceptors (Lipinski definition) is 6. The number of carbonyl (C=O) groups excluding carboxylic acids is 4. The van der Waals surface area contributed by atoms with Crippen molar-refractivity contribution in [1.82, 2.24) is 15.2 Å². The van der Waals surface area contributed by atoms with Gasteiger partial charge in [-0.2, -0.15) is 4.98 Å². The molecule has 2 aliphatic heterocycles. The van der Waals surface area contributed by atoms with E-state index < -0.39 is 23.6 Å². The fourth-order valence-corrected chi connectivity index (χ4v) is 8.43. The maximum absolute atomic E-state index is 13.2. The van der Waals surface area contributed by atoms with Gasteiger partial charge < -0.3 is 0 Å². The van der Waals surface area contributed by atoms with Crippen LogP contribution < -0.4 is 9.80 Å². The highest BCUT2D eigenvalue weighted by Crippen LogP contribution is 2.47. The van der Waals surface area contributed by atoms with Crippen molar-refractivity contribution in [3.8, 4) is 0 Å². The summed E-state index contributed by atoms with van der Waals surface area (Å²) in [7, 11) is 0. The highest BCUT2D eigenvalue weighted by atomic mass is 79.9. The molecule has 2 aliphatic rings. The molecule has 0 radical (unpaired) electrons. The second-order valence-corrected chi connectivity index (χ2v) is 13.2. The number of halogens is 8. The number of aromatic nitrogens is 3. The smallest absolute Gasteiger partial charge is 0.268 e. The summed E-state index contributed by atoms with van der Waals surface area (Å²) in [6.07, 6.45) is 0. The Morgan fingerprint density at radius 1 is 0.486 bits per heavy atom. The van der Waals surface area contributed by atoms with Crippen LogP contribution in [0, 0.1) is 0 Å². The van der Waals surface area contributed by atoms with Gasteiger partial charge in [-0.25, -0.2) is 14.9 Å². The largest absolute Gasteiger partial charge is 0.269 e. The predicted octanol–water partition coefficient (Wildman–Crippen LogP) is 7.51. The Balaban J connectivity index is 1.58. The molecule has 3 heterocycles. The van der Waals surface area contributed by atoms with Crippen LogP contribution in [0.15, 0.2) is 35.8 Å². The fourth-order valence-electron chi connectivity index (χ4n) is 3.52. The molecular formula is C18HBr8N5O4. The quantitative estimate of drug-likeness (QED) is 0.162. The molecule has 0 fully saturated rings. The van der Waals surface area contributed by atoms with E-state index in [0.29, 0.717) is 35.8 Å². The number of amides is 4. The molecular weight excluding hydrogens is 989 g/mol. The molecule has 0 saturated carbocycles. The average molecular weight is 990 g/mol. The van der Waals surface area contributed by atoms with E-state index >= 15 is 0 Å². The van der Waals surface area contributed by atoms with Crippen LogP contribution in [0.1, 0.15) is 41.4 Å². The van der Waals surface area contributed by atoms with Gasteiger partial charge in [0.1, 0.15) is 0 Å². The van der Waals surface area contributed by atoms with Gasteiger partial charge in [-0.15, -0.1) is 5.10 Å². The van der Waals surface area contributed by atoms with Crippen LogP contribution in [0.25, 0.3) is 0 Å². The molecule has 17 heteroatoms. The SMILES string of the molecule is O=C1c2c(Br)c(Br)c(Br)c(Br)c2C(=O)N1c1n[nH]c(N2C(=O)c3c(Br)c(Br)c(Br)c(Br)c3C2=O)n1. The van der Waals surface area contributed by atoms with Gasteiger partial charge in [0.05, 0.1) is 22.3 Å². The summed E-state index contributed by atoms with van der Waals surface area (Å²) in [5.41, 5.74) is 0.426. The molecule has 0 spiro atoms. The Bertz CT molecular complexity index is 1380. The molecule has 178 valence electrons. The lowest BCUT2D eigenvalue weighted by Gasteiger charge is -2.10. The van der Waals surface area contributed by atoms with Crippen LogP contribution in [-0.2, 0) is 0 Å². The number of nitrogens with one attached hydrogen (secondary N) is 1. The Kier molecular flexibility index (Phi) is 6.89. The summed E-state index contributed by atoms with van der Waals surface area (Å²) in [4.78, 5) is 58.5. The number of benzene rings is 2. The normalized spacial score (nSPS) is 15.0. The van der Waals surface area contributed by atoms with Crippen molar-refractivity contribution < 1.29 is 19.2 Å². The number of H-pyrrole nitrogens is 1. The second-order valence-electron chi connectivity index (χ2n) is 6.86. The van der Waals surface area contributed by atoms with Crippen LogP contribution in [0.5, 0.6) is 0 Å². The third kappa shape index (κ3) is 3.62. The van der Waals surface area contributed by atoms with Crippen molar-refractivity contribution in [2.75, 3.05) is 9.80 Å². The third-order valence-corrected chi connectivity index (χ3v) is 14.6. The van der Waals surface area contributed by atoms with Crippen molar-refractivity contribution in [1.29, 1.82) is 0 Å². The van der Waals surface area contributed by atoms with Gasteiger partial charge in [0.2, 0.25) is 5.95 Å². The van der Waals surface area contributed by atoms with E-state index in [2.05, 4.69) is 143 Å². The minimum atomic E-state index is -0.683. The van der Waals surface area contributed by atoms with E-state index in [1.165, 1.54) is 0 Å². The molecule has 3 aromatic rings. The van der Waals surface area contributed by atoms with Crippen LogP contribution >= 0.6 is 127 Å². The Hall–Kier alpha value is -0.300. The van der Waals surface area contributed by atoms with Gasteiger partial charge >= 0.3 is 0 Å². The first-order valence-corrected chi connectivity index (χ1v) is 15.2. The fraction of sp³-hybridized carbons (Fsp3) is 0. The lowest BCUT2D eigenvalue weighted by molar-refractivity contribution is 0.0909. The summed E-state index contributed by atoms with van der Waals surface area (Å²) >= 11 is 26.8. The zero-order chi connectivity index (χ0) is 25.7. The Morgan fingerprint density at radius 2 is 0.800 bits per heavy atom. The number of hydrogen-bond donors (Lipinski definition) is 1. The second kappa shape index (κ2) is 9.17. The maximum Gasteiger partial charge on any atom is 0.269 e. The Labute approximate surface area is 262 Å². The predicted molar refractivity (Wildman–Crippen MR) is 153 cm³/mol. The van der Waals surface area contributed by atoms with Gasteiger partial charge in [-0.05, 0) is 127 Å². The van der Waals surface area contributed by atoms with Crippen LogP contribution in [0.4, 0.5) is 11.9 Å². The van der Waals surface area contributed by atoms with Crippen molar-refractivity contribution >= 4 is 163 Å². The summed E-state index contributed by atoms with van der Waals surface area (Å²) in [5, 5.41) is 6.44. The number of carbonyl (C=O) groups is 4. The monoisotopic (exact) mass is 982 g/mol. The first-order valence-electron chi connectivity index (χ1n) is 8.81. The summed E-state index contributed by atoms with van der Waals surface area (Å²) in [6, 6.07) is 0. The van der Waals surface area contributed by atoms with Gasteiger partial charge in [0, 0.05) is 35.8 Å². The van der Waals surface area contributed by atoms with E-state index in [1.807, 2.05) is 0 Å². The summed E-state index contributed by atoms with van der Waals surface area (Å²) in [5.74, 6) is -3.29. The molecule has 35 heavy (non-hydrogen) atoms. The molecule has 0 aliphatic carbocycles.